The van der Waals surface area contributed by atoms with Gasteiger partial charge in [0.25, 0.3) is 11.6 Å². The molecule has 1 aliphatic heterocycles. The number of aromatic amines is 1. The second kappa shape index (κ2) is 4.44. The minimum atomic E-state index is -0.572. The highest BCUT2D eigenvalue weighted by Gasteiger charge is 2.30. The molecule has 8 heteroatoms. The van der Waals surface area contributed by atoms with Gasteiger partial charge in [-0.2, -0.15) is 0 Å². The number of nitrogens with one attached hydrogen (secondary N) is 2. The molecule has 3 rings (SSSR count). The van der Waals surface area contributed by atoms with Gasteiger partial charge >= 0.3 is 0 Å². The molecule has 0 aliphatic carbocycles. The summed E-state index contributed by atoms with van der Waals surface area (Å²) in [5, 5.41) is 13.6. The lowest BCUT2D eigenvalue weighted by Crippen LogP contribution is -2.03. The number of imidazole rings is 1. The minimum Gasteiger partial charge on any atom is -0.393 e. The number of hydrogen-bond donors (Lipinski definition) is 3. The topological polar surface area (TPSA) is 127 Å². The number of carbonyl (C=O) groups excluding carboxylic acids is 1. The van der Waals surface area contributed by atoms with E-state index < -0.39 is 4.92 Å². The van der Waals surface area contributed by atoms with Crippen LogP contribution in [0.5, 0.6) is 0 Å². The van der Waals surface area contributed by atoms with Gasteiger partial charge in [-0.05, 0) is 19.1 Å². The Kier molecular flexibility index (Phi) is 2.72. The Morgan fingerprint density at radius 1 is 1.43 bits per heavy atom. The summed E-state index contributed by atoms with van der Waals surface area (Å²) in [5.74, 6) is -0.355. The Labute approximate surface area is 118 Å². The Morgan fingerprint density at radius 3 is 2.81 bits per heavy atom. The number of nitrogen functional groups attached to an aromatic ring is 1. The van der Waals surface area contributed by atoms with Gasteiger partial charge in [0.1, 0.15) is 5.69 Å². The van der Waals surface area contributed by atoms with E-state index in [2.05, 4.69) is 15.3 Å². The number of benzene rings is 1. The molecule has 0 atom stereocenters. The van der Waals surface area contributed by atoms with Crippen molar-refractivity contribution in [2.75, 3.05) is 11.1 Å². The SMILES string of the molecule is Cc1nc[nH]c1C=C1C(=O)Nc2ccc([N+](=O)[O-])c(N)c21. The summed E-state index contributed by atoms with van der Waals surface area (Å²) < 4.78 is 0. The van der Waals surface area contributed by atoms with Crippen LogP contribution >= 0.6 is 0 Å². The third-order valence-corrected chi connectivity index (χ3v) is 3.34. The molecular weight excluding hydrogens is 274 g/mol. The van der Waals surface area contributed by atoms with Gasteiger partial charge in [-0.25, -0.2) is 4.98 Å². The number of H-pyrrole nitrogens is 1. The van der Waals surface area contributed by atoms with Crippen LogP contribution in [0.3, 0.4) is 0 Å². The molecular formula is C13H11N5O3. The van der Waals surface area contributed by atoms with Gasteiger partial charge in [0.05, 0.1) is 33.9 Å². The van der Waals surface area contributed by atoms with Gasteiger partial charge in [0.15, 0.2) is 0 Å². The molecule has 1 amide bonds. The first-order valence-electron chi connectivity index (χ1n) is 6.09. The van der Waals surface area contributed by atoms with Crippen LogP contribution in [-0.2, 0) is 4.79 Å². The summed E-state index contributed by atoms with van der Waals surface area (Å²) in [6.45, 7) is 1.79. The number of nitrogens with two attached hydrogens (primary N) is 1. The maximum atomic E-state index is 12.1. The van der Waals surface area contributed by atoms with Crippen LogP contribution in [-0.4, -0.2) is 20.8 Å². The average Bonchev–Trinajstić information content (AvgIpc) is 2.95. The fraction of sp³-hybridized carbons (Fsp3) is 0.0769. The normalized spacial score (nSPS) is 15.1. The van der Waals surface area contributed by atoms with Gasteiger partial charge in [-0.3, -0.25) is 14.9 Å². The average molecular weight is 285 g/mol. The first-order valence-corrected chi connectivity index (χ1v) is 6.09. The summed E-state index contributed by atoms with van der Waals surface area (Å²) in [7, 11) is 0. The first kappa shape index (κ1) is 12.9. The zero-order valence-electron chi connectivity index (χ0n) is 11.0. The van der Waals surface area contributed by atoms with E-state index >= 15 is 0 Å². The summed E-state index contributed by atoms with van der Waals surface area (Å²) in [6, 6.07) is 2.75. The maximum Gasteiger partial charge on any atom is 0.292 e. The van der Waals surface area contributed by atoms with E-state index in [9.17, 15) is 14.9 Å². The molecule has 2 heterocycles. The summed E-state index contributed by atoms with van der Waals surface area (Å²) >= 11 is 0. The van der Waals surface area contributed by atoms with Crippen molar-refractivity contribution in [3.63, 3.8) is 0 Å². The molecule has 0 spiro atoms. The van der Waals surface area contributed by atoms with Crippen molar-refractivity contribution in [1.29, 1.82) is 0 Å². The Hall–Kier alpha value is -3.16. The second-order valence-corrected chi connectivity index (χ2v) is 4.59. The zero-order chi connectivity index (χ0) is 15.1. The molecule has 4 N–H and O–H groups in total. The molecule has 1 aromatic carbocycles. The first-order chi connectivity index (χ1) is 9.99. The van der Waals surface area contributed by atoms with Gasteiger partial charge in [0.2, 0.25) is 0 Å². The van der Waals surface area contributed by atoms with Crippen LogP contribution in [0.15, 0.2) is 18.5 Å². The summed E-state index contributed by atoms with van der Waals surface area (Å²) in [6.07, 6.45) is 3.09. The number of fused-ring (bicyclic) bond motifs is 1. The van der Waals surface area contributed by atoms with Crippen LogP contribution in [0.1, 0.15) is 17.0 Å². The van der Waals surface area contributed by atoms with Gasteiger partial charge in [0, 0.05) is 11.6 Å². The van der Waals surface area contributed by atoms with Gasteiger partial charge in [-0.1, -0.05) is 0 Å². The van der Waals surface area contributed by atoms with Crippen LogP contribution in [0.25, 0.3) is 11.6 Å². The molecule has 106 valence electrons. The molecule has 0 radical (unpaired) electrons. The Bertz CT molecular complexity index is 806. The molecule has 1 aliphatic rings. The monoisotopic (exact) mass is 285 g/mol. The van der Waals surface area contributed by atoms with Crippen molar-refractivity contribution in [1.82, 2.24) is 9.97 Å². The van der Waals surface area contributed by atoms with Crippen LogP contribution in [0.2, 0.25) is 0 Å². The number of hydrogen-bond acceptors (Lipinski definition) is 5. The number of rotatable bonds is 2. The number of nitrogens with zero attached hydrogens (tertiary/aromatic N) is 2. The lowest BCUT2D eigenvalue weighted by molar-refractivity contribution is -0.383. The van der Waals surface area contributed by atoms with Crippen molar-refractivity contribution in [3.8, 4) is 0 Å². The Balaban J connectivity index is 2.21. The molecule has 0 saturated heterocycles. The van der Waals surface area contributed by atoms with E-state index in [-0.39, 0.29) is 22.9 Å². The highest BCUT2D eigenvalue weighted by atomic mass is 16.6. The highest BCUT2D eigenvalue weighted by molar-refractivity contribution is 6.36. The number of anilines is 2. The predicted molar refractivity (Wildman–Crippen MR) is 77.3 cm³/mol. The molecule has 8 nitrogen and oxygen atoms in total. The zero-order valence-corrected chi connectivity index (χ0v) is 11.0. The molecule has 1 aromatic heterocycles. The van der Waals surface area contributed by atoms with Crippen LogP contribution in [0, 0.1) is 17.0 Å². The second-order valence-electron chi connectivity index (χ2n) is 4.59. The molecule has 0 unspecified atom stereocenters. The summed E-state index contributed by atoms with van der Waals surface area (Å²) in [5.41, 5.74) is 8.06. The molecule has 0 fully saturated rings. The van der Waals surface area contributed by atoms with E-state index in [4.69, 9.17) is 5.73 Å². The van der Waals surface area contributed by atoms with Crippen molar-refractivity contribution < 1.29 is 9.72 Å². The maximum absolute atomic E-state index is 12.1. The third kappa shape index (κ3) is 1.93. The van der Waals surface area contributed by atoms with E-state index in [0.29, 0.717) is 22.6 Å². The van der Waals surface area contributed by atoms with Crippen molar-refractivity contribution in [2.45, 2.75) is 6.92 Å². The lowest BCUT2D eigenvalue weighted by atomic mass is 10.0. The van der Waals surface area contributed by atoms with E-state index in [0.717, 1.165) is 0 Å². The van der Waals surface area contributed by atoms with Gasteiger partial charge in [-0.15, -0.1) is 0 Å². The van der Waals surface area contributed by atoms with Crippen molar-refractivity contribution in [2.24, 2.45) is 0 Å². The minimum absolute atomic E-state index is 0.0285. The van der Waals surface area contributed by atoms with E-state index in [1.54, 1.807) is 13.0 Å². The number of amides is 1. The number of carbonyl (C=O) groups is 1. The lowest BCUT2D eigenvalue weighted by Gasteiger charge is -2.04. The fourth-order valence-electron chi connectivity index (χ4n) is 2.27. The van der Waals surface area contributed by atoms with Gasteiger partial charge < -0.3 is 16.0 Å². The number of nitro benzene ring substituents is 1. The number of aromatic nitrogens is 2. The third-order valence-electron chi connectivity index (χ3n) is 3.34. The largest absolute Gasteiger partial charge is 0.393 e. The molecule has 0 bridgehead atoms. The van der Waals surface area contributed by atoms with E-state index in [1.165, 1.54) is 18.5 Å². The predicted octanol–water partition coefficient (Wildman–Crippen LogP) is 1.70. The number of aryl methyl sites for hydroxylation is 1. The molecule has 2 aromatic rings. The molecule has 21 heavy (non-hydrogen) atoms. The Morgan fingerprint density at radius 2 is 2.19 bits per heavy atom. The molecule has 0 saturated carbocycles. The smallest absolute Gasteiger partial charge is 0.292 e. The van der Waals surface area contributed by atoms with Crippen molar-refractivity contribution in [3.05, 3.63) is 45.5 Å². The highest BCUT2D eigenvalue weighted by Crippen LogP contribution is 2.41. The van der Waals surface area contributed by atoms with Crippen LogP contribution in [0.4, 0.5) is 17.1 Å². The quantitative estimate of drug-likeness (QED) is 0.335. The summed E-state index contributed by atoms with van der Waals surface area (Å²) in [4.78, 5) is 29.4. The van der Waals surface area contributed by atoms with E-state index in [1.807, 2.05) is 0 Å². The van der Waals surface area contributed by atoms with Crippen LogP contribution < -0.4 is 11.1 Å². The number of nitro groups is 1. The fourth-order valence-corrected chi connectivity index (χ4v) is 2.27. The standard InChI is InChI=1S/C13H11N5O3/c1-6-9(16-5-15-6)4-7-11-8(17-13(7)19)2-3-10(12(11)14)18(20)21/h2-5H,14H2,1H3,(H,15,16)(H,17,19). The van der Waals surface area contributed by atoms with Crippen molar-refractivity contribution >= 4 is 34.6 Å².